The van der Waals surface area contributed by atoms with Gasteiger partial charge in [0.25, 0.3) is 0 Å². The van der Waals surface area contributed by atoms with Gasteiger partial charge in [-0.2, -0.15) is 0 Å². The molecule has 0 amide bonds. The van der Waals surface area contributed by atoms with Gasteiger partial charge in [0.15, 0.2) is 11.5 Å². The molecule has 3 nitrogen and oxygen atoms in total. The maximum Gasteiger partial charge on any atom is 0.180 e. The van der Waals surface area contributed by atoms with Crippen LogP contribution in [0.4, 0.5) is 0 Å². The first-order valence-electron chi connectivity index (χ1n) is 11.0. The van der Waals surface area contributed by atoms with Gasteiger partial charge in [-0.3, -0.25) is 0 Å². The summed E-state index contributed by atoms with van der Waals surface area (Å²) in [6.07, 6.45) is 8.27. The smallest absolute Gasteiger partial charge is 0.180 e. The van der Waals surface area contributed by atoms with Gasteiger partial charge >= 0.3 is 0 Å². The average Bonchev–Trinajstić information content (AvgIpc) is 2.53. The molecule has 0 aromatic heterocycles. The van der Waals surface area contributed by atoms with Crippen LogP contribution in [0.3, 0.4) is 0 Å². The molecule has 5 rings (SSSR count). The van der Waals surface area contributed by atoms with Crippen molar-refractivity contribution in [1.82, 2.24) is 5.32 Å². The number of nitrogens with one attached hydrogen (secondary N) is 1. The quantitative estimate of drug-likeness (QED) is 0.572. The highest BCUT2D eigenvalue weighted by molar-refractivity contribution is 6.32. The third-order valence-corrected chi connectivity index (χ3v) is 7.30. The Bertz CT molecular complexity index is 728. The van der Waals surface area contributed by atoms with Crippen LogP contribution in [0, 0.1) is 16.7 Å². The first kappa shape index (κ1) is 20.3. The highest BCUT2D eigenvalue weighted by Gasteiger charge is 2.59. The number of hydrogen-bond donors (Lipinski definition) is 1. The summed E-state index contributed by atoms with van der Waals surface area (Å²) in [5.74, 6) is 2.31. The van der Waals surface area contributed by atoms with Crippen molar-refractivity contribution in [3.8, 4) is 11.5 Å². The minimum absolute atomic E-state index is 0.0641. The van der Waals surface area contributed by atoms with E-state index in [-0.39, 0.29) is 11.6 Å². The Morgan fingerprint density at radius 2 is 1.79 bits per heavy atom. The number of rotatable bonds is 7. The second-order valence-corrected chi connectivity index (χ2v) is 11.2. The summed E-state index contributed by atoms with van der Waals surface area (Å²) >= 11 is 6.58. The molecule has 1 aromatic carbocycles. The van der Waals surface area contributed by atoms with E-state index in [2.05, 4.69) is 25.2 Å². The zero-order valence-corrected chi connectivity index (χ0v) is 18.9. The average molecular weight is 406 g/mol. The van der Waals surface area contributed by atoms with Crippen LogP contribution in [0.5, 0.6) is 11.5 Å². The van der Waals surface area contributed by atoms with Gasteiger partial charge in [0.1, 0.15) is 0 Å². The van der Waals surface area contributed by atoms with Crippen LogP contribution < -0.4 is 14.8 Å². The van der Waals surface area contributed by atoms with Gasteiger partial charge in [-0.15, -0.1) is 0 Å². The van der Waals surface area contributed by atoms with Crippen LogP contribution in [0.15, 0.2) is 12.1 Å². The number of ether oxygens (including phenoxy) is 2. The highest BCUT2D eigenvalue weighted by atomic mass is 35.5. The molecular formula is C24H36ClNO2. The van der Waals surface area contributed by atoms with Crippen molar-refractivity contribution in [2.75, 3.05) is 6.61 Å². The minimum Gasteiger partial charge on any atom is -0.490 e. The van der Waals surface area contributed by atoms with Gasteiger partial charge in [0, 0.05) is 12.1 Å². The fraction of sp³-hybridized carbons (Fsp3) is 0.750. The zero-order valence-electron chi connectivity index (χ0n) is 18.2. The van der Waals surface area contributed by atoms with Gasteiger partial charge in [0.2, 0.25) is 0 Å². The van der Waals surface area contributed by atoms with Crippen molar-refractivity contribution in [3.05, 3.63) is 22.7 Å². The molecule has 0 spiro atoms. The Morgan fingerprint density at radius 1 is 1.11 bits per heavy atom. The molecule has 4 saturated carbocycles. The molecule has 4 fully saturated rings. The molecule has 0 radical (unpaired) electrons. The van der Waals surface area contributed by atoms with E-state index in [9.17, 15) is 0 Å². The summed E-state index contributed by atoms with van der Waals surface area (Å²) in [6, 6.07) is 4.14. The van der Waals surface area contributed by atoms with Crippen molar-refractivity contribution < 1.29 is 9.47 Å². The zero-order chi connectivity index (χ0) is 20.2. The maximum absolute atomic E-state index is 6.58. The number of benzene rings is 1. The van der Waals surface area contributed by atoms with Gasteiger partial charge in [0.05, 0.1) is 17.7 Å². The molecule has 4 aliphatic rings. The molecule has 0 aliphatic heterocycles. The predicted molar refractivity (Wildman–Crippen MR) is 115 cm³/mol. The maximum atomic E-state index is 6.58. The molecule has 0 heterocycles. The summed E-state index contributed by atoms with van der Waals surface area (Å²) in [5.41, 5.74) is 2.50. The SMILES string of the molecule is CCOc1cc(CNC23CC4CC(C)(CC(C)(C4)C2)C3)cc(Cl)c1OC(C)C. The van der Waals surface area contributed by atoms with E-state index < -0.39 is 0 Å². The third kappa shape index (κ3) is 3.89. The van der Waals surface area contributed by atoms with E-state index in [1.54, 1.807) is 0 Å². The Hall–Kier alpha value is -0.930. The highest BCUT2D eigenvalue weighted by Crippen LogP contribution is 2.66. The van der Waals surface area contributed by atoms with Crippen LogP contribution in [0.2, 0.25) is 5.02 Å². The summed E-state index contributed by atoms with van der Waals surface area (Å²) in [5, 5.41) is 4.64. The summed E-state index contributed by atoms with van der Waals surface area (Å²) in [6.45, 7) is 12.5. The third-order valence-electron chi connectivity index (χ3n) is 7.02. The lowest BCUT2D eigenvalue weighted by molar-refractivity contribution is -0.118. The van der Waals surface area contributed by atoms with Crippen molar-refractivity contribution in [3.63, 3.8) is 0 Å². The van der Waals surface area contributed by atoms with Crippen LogP contribution in [0.1, 0.15) is 78.7 Å². The van der Waals surface area contributed by atoms with E-state index in [0.717, 1.165) is 18.2 Å². The lowest BCUT2D eigenvalue weighted by Crippen LogP contribution is -2.63. The first-order valence-corrected chi connectivity index (χ1v) is 11.4. The van der Waals surface area contributed by atoms with Gasteiger partial charge in [-0.25, -0.2) is 0 Å². The molecule has 4 bridgehead atoms. The summed E-state index contributed by atoms with van der Waals surface area (Å²) < 4.78 is 11.8. The monoisotopic (exact) mass is 405 g/mol. The molecule has 4 aliphatic carbocycles. The molecule has 0 saturated heterocycles. The molecule has 156 valence electrons. The first-order chi connectivity index (χ1) is 13.1. The molecule has 1 aromatic rings. The van der Waals surface area contributed by atoms with E-state index >= 15 is 0 Å². The van der Waals surface area contributed by atoms with Crippen LogP contribution >= 0.6 is 11.6 Å². The standard InChI is InChI=1S/C24H36ClNO2/c1-6-27-20-8-17(7-19(25)21(20)28-16(2)3)12-26-24-11-18-9-22(4,14-24)13-23(5,10-18)15-24/h7-8,16,18,26H,6,9-15H2,1-5H3. The molecule has 2 unspecified atom stereocenters. The predicted octanol–water partition coefficient (Wildman–Crippen LogP) is 6.36. The second-order valence-electron chi connectivity index (χ2n) is 10.8. The second kappa shape index (κ2) is 7.09. The minimum atomic E-state index is 0.0641. The Morgan fingerprint density at radius 3 is 2.36 bits per heavy atom. The van der Waals surface area contributed by atoms with E-state index in [1.165, 1.54) is 44.1 Å². The summed E-state index contributed by atoms with van der Waals surface area (Å²) in [4.78, 5) is 0. The van der Waals surface area contributed by atoms with Gasteiger partial charge in [-0.1, -0.05) is 25.4 Å². The van der Waals surface area contributed by atoms with Crippen LogP contribution in [-0.4, -0.2) is 18.2 Å². The lowest BCUT2D eigenvalue weighted by Gasteiger charge is -2.65. The van der Waals surface area contributed by atoms with E-state index in [0.29, 0.717) is 28.2 Å². The lowest BCUT2D eigenvalue weighted by atomic mass is 9.43. The molecule has 2 atom stereocenters. The number of halogens is 1. The van der Waals surface area contributed by atoms with Crippen molar-refractivity contribution in [2.45, 2.75) is 91.3 Å². The van der Waals surface area contributed by atoms with Crippen LogP contribution in [0.25, 0.3) is 0 Å². The Labute approximate surface area is 175 Å². The van der Waals surface area contributed by atoms with E-state index in [1.807, 2.05) is 26.8 Å². The Kier molecular flexibility index (Phi) is 5.15. The molecule has 1 N–H and O–H groups in total. The number of hydrogen-bond acceptors (Lipinski definition) is 3. The van der Waals surface area contributed by atoms with Gasteiger partial charge in [-0.05, 0) is 93.7 Å². The summed E-state index contributed by atoms with van der Waals surface area (Å²) in [7, 11) is 0. The molecule has 28 heavy (non-hydrogen) atoms. The largest absolute Gasteiger partial charge is 0.490 e. The van der Waals surface area contributed by atoms with Crippen molar-refractivity contribution in [2.24, 2.45) is 16.7 Å². The van der Waals surface area contributed by atoms with E-state index in [4.69, 9.17) is 21.1 Å². The fourth-order valence-corrected chi connectivity index (χ4v) is 7.55. The topological polar surface area (TPSA) is 30.5 Å². The Balaban J connectivity index is 1.53. The van der Waals surface area contributed by atoms with Gasteiger partial charge < -0.3 is 14.8 Å². The van der Waals surface area contributed by atoms with Crippen molar-refractivity contribution in [1.29, 1.82) is 0 Å². The fourth-order valence-electron chi connectivity index (χ4n) is 7.27. The van der Waals surface area contributed by atoms with Crippen molar-refractivity contribution >= 4 is 11.6 Å². The van der Waals surface area contributed by atoms with Crippen LogP contribution in [-0.2, 0) is 6.54 Å². The molecule has 4 heteroatoms. The normalized spacial score (nSPS) is 36.2. The molecular weight excluding hydrogens is 370 g/mol.